The van der Waals surface area contributed by atoms with Gasteiger partial charge in [-0.2, -0.15) is 0 Å². The Kier molecular flexibility index (Phi) is 2.06. The Hall–Kier alpha value is -2.68. The second kappa shape index (κ2) is 3.92. The maximum atomic E-state index is 5.92. The highest BCUT2D eigenvalue weighted by molar-refractivity contribution is 5.84. The summed E-state index contributed by atoms with van der Waals surface area (Å²) in [7, 11) is 0. The van der Waals surface area contributed by atoms with Gasteiger partial charge in [-0.25, -0.2) is 0 Å². The van der Waals surface area contributed by atoms with Gasteiger partial charge in [0.05, 0.1) is 11.4 Å². The van der Waals surface area contributed by atoms with Crippen molar-refractivity contribution >= 4 is 0 Å². The van der Waals surface area contributed by atoms with Crippen LogP contribution in [0.15, 0.2) is 48.8 Å². The topological polar surface area (TPSA) is 35.0 Å². The molecule has 0 spiro atoms. The number of hydrogen-bond donors (Lipinski definition) is 0. The van der Waals surface area contributed by atoms with Crippen molar-refractivity contribution in [1.29, 1.82) is 0 Å². The molecule has 1 aromatic carbocycles. The molecule has 21 heavy (non-hydrogen) atoms. The second-order valence-electron chi connectivity index (χ2n) is 5.46. The molecule has 0 saturated heterocycles. The number of para-hydroxylation sites is 1. The van der Waals surface area contributed by atoms with Crippen LogP contribution in [0, 0.1) is 0 Å². The number of ether oxygens (including phenoxy) is 1. The number of hydrogen-bond acceptors (Lipinski definition) is 3. The second-order valence-corrected chi connectivity index (χ2v) is 5.46. The van der Waals surface area contributed by atoms with Gasteiger partial charge in [-0.1, -0.05) is 18.2 Å². The Morgan fingerprint density at radius 1 is 0.905 bits per heavy atom. The Labute approximate surface area is 122 Å². The molecule has 0 N–H and O–H groups in total. The summed E-state index contributed by atoms with van der Waals surface area (Å²) >= 11 is 0. The summed E-state index contributed by atoms with van der Waals surface area (Å²) in [6.07, 6.45) is 4.77. The van der Waals surface area contributed by atoms with E-state index < -0.39 is 0 Å². The predicted molar refractivity (Wildman–Crippen MR) is 80.0 cm³/mol. The van der Waals surface area contributed by atoms with Gasteiger partial charge in [0.15, 0.2) is 0 Å². The predicted octanol–water partition coefficient (Wildman–Crippen LogP) is 3.61. The summed E-state index contributed by atoms with van der Waals surface area (Å²) in [6, 6.07) is 12.2. The van der Waals surface area contributed by atoms with Gasteiger partial charge in [0.2, 0.25) is 0 Å². The van der Waals surface area contributed by atoms with Gasteiger partial charge >= 0.3 is 0 Å². The smallest absolute Gasteiger partial charge is 0.129 e. The fourth-order valence-corrected chi connectivity index (χ4v) is 3.35. The highest BCUT2D eigenvalue weighted by Gasteiger charge is 2.28. The molecule has 3 heterocycles. The quantitative estimate of drug-likeness (QED) is 0.490. The number of pyridine rings is 2. The van der Waals surface area contributed by atoms with Crippen molar-refractivity contribution in [2.45, 2.75) is 13.0 Å². The van der Waals surface area contributed by atoms with Gasteiger partial charge in [-0.15, -0.1) is 0 Å². The van der Waals surface area contributed by atoms with E-state index in [9.17, 15) is 0 Å². The highest BCUT2D eigenvalue weighted by Crippen LogP contribution is 2.44. The fourth-order valence-electron chi connectivity index (χ4n) is 3.35. The van der Waals surface area contributed by atoms with Gasteiger partial charge < -0.3 is 4.74 Å². The zero-order chi connectivity index (χ0) is 13.8. The minimum Gasteiger partial charge on any atom is -0.488 e. The van der Waals surface area contributed by atoms with Crippen LogP contribution in [-0.2, 0) is 13.0 Å². The number of rotatable bonds is 0. The molecule has 2 aliphatic rings. The standard InChI is InChI=1S/C18H12N2O/c1-2-6-15-13(5-1)18-14(10-21-15)16-12(9-20-18)8-11-4-3-7-19-17(11)16/h1-7,9H,8,10H2. The van der Waals surface area contributed by atoms with Crippen LogP contribution >= 0.6 is 0 Å². The average molecular weight is 272 g/mol. The first-order valence-corrected chi connectivity index (χ1v) is 7.09. The molecule has 0 radical (unpaired) electrons. The van der Waals surface area contributed by atoms with Gasteiger partial charge in [0, 0.05) is 35.5 Å². The van der Waals surface area contributed by atoms with Crippen LogP contribution in [0.25, 0.3) is 22.5 Å². The summed E-state index contributed by atoms with van der Waals surface area (Å²) < 4.78 is 5.92. The summed E-state index contributed by atoms with van der Waals surface area (Å²) in [5.41, 5.74) is 8.13. The van der Waals surface area contributed by atoms with Crippen LogP contribution in [0.4, 0.5) is 0 Å². The third kappa shape index (κ3) is 1.43. The molecule has 0 fully saturated rings. The van der Waals surface area contributed by atoms with Crippen molar-refractivity contribution < 1.29 is 4.74 Å². The lowest BCUT2D eigenvalue weighted by molar-refractivity contribution is 0.302. The molecule has 3 heteroatoms. The van der Waals surface area contributed by atoms with E-state index >= 15 is 0 Å². The molecule has 0 amide bonds. The maximum Gasteiger partial charge on any atom is 0.129 e. The number of aromatic nitrogens is 2. The van der Waals surface area contributed by atoms with E-state index in [4.69, 9.17) is 9.72 Å². The normalized spacial score (nSPS) is 13.7. The highest BCUT2D eigenvalue weighted by atomic mass is 16.5. The van der Waals surface area contributed by atoms with Gasteiger partial charge in [-0.05, 0) is 29.3 Å². The first-order valence-electron chi connectivity index (χ1n) is 7.09. The minimum absolute atomic E-state index is 0.568. The molecular weight excluding hydrogens is 260 g/mol. The maximum absolute atomic E-state index is 5.92. The van der Waals surface area contributed by atoms with Crippen LogP contribution in [0.3, 0.4) is 0 Å². The molecule has 3 aromatic rings. The summed E-state index contributed by atoms with van der Waals surface area (Å²) in [6.45, 7) is 0.568. The molecule has 2 aromatic heterocycles. The van der Waals surface area contributed by atoms with Crippen molar-refractivity contribution in [3.63, 3.8) is 0 Å². The largest absolute Gasteiger partial charge is 0.488 e. The number of benzene rings is 1. The first-order chi connectivity index (χ1) is 10.4. The van der Waals surface area contributed by atoms with E-state index in [0.29, 0.717) is 6.61 Å². The van der Waals surface area contributed by atoms with E-state index in [1.807, 2.05) is 36.7 Å². The van der Waals surface area contributed by atoms with Crippen LogP contribution in [0.5, 0.6) is 5.75 Å². The lowest BCUT2D eigenvalue weighted by Crippen LogP contribution is -2.09. The van der Waals surface area contributed by atoms with Crippen LogP contribution < -0.4 is 4.74 Å². The van der Waals surface area contributed by atoms with Crippen molar-refractivity contribution in [2.24, 2.45) is 0 Å². The van der Waals surface area contributed by atoms with E-state index in [0.717, 1.165) is 29.1 Å². The summed E-state index contributed by atoms with van der Waals surface area (Å²) in [5, 5.41) is 0. The Morgan fingerprint density at radius 2 is 1.86 bits per heavy atom. The molecule has 0 bridgehead atoms. The molecule has 1 aliphatic heterocycles. The molecule has 100 valence electrons. The van der Waals surface area contributed by atoms with Gasteiger partial charge in [0.25, 0.3) is 0 Å². The third-order valence-corrected chi connectivity index (χ3v) is 4.28. The Morgan fingerprint density at radius 3 is 2.86 bits per heavy atom. The molecular formula is C18H12N2O. The first kappa shape index (κ1) is 11.0. The monoisotopic (exact) mass is 272 g/mol. The van der Waals surface area contributed by atoms with Crippen molar-refractivity contribution in [3.8, 4) is 28.3 Å². The molecule has 3 nitrogen and oxygen atoms in total. The van der Waals surface area contributed by atoms with E-state index in [1.54, 1.807) is 0 Å². The third-order valence-electron chi connectivity index (χ3n) is 4.28. The lowest BCUT2D eigenvalue weighted by Gasteiger charge is -2.22. The number of nitrogens with zero attached hydrogens (tertiary/aromatic N) is 2. The van der Waals surface area contributed by atoms with Crippen LogP contribution in [0.2, 0.25) is 0 Å². The van der Waals surface area contributed by atoms with Crippen molar-refractivity contribution in [2.75, 3.05) is 0 Å². The van der Waals surface area contributed by atoms with Crippen molar-refractivity contribution in [1.82, 2.24) is 9.97 Å². The lowest BCUT2D eigenvalue weighted by atomic mass is 9.96. The summed E-state index contributed by atoms with van der Waals surface area (Å²) in [4.78, 5) is 9.29. The van der Waals surface area contributed by atoms with Crippen LogP contribution in [0.1, 0.15) is 16.7 Å². The summed E-state index contributed by atoms with van der Waals surface area (Å²) in [5.74, 6) is 0.914. The zero-order valence-electron chi connectivity index (χ0n) is 11.3. The zero-order valence-corrected chi connectivity index (χ0v) is 11.3. The van der Waals surface area contributed by atoms with E-state index in [-0.39, 0.29) is 0 Å². The molecule has 0 saturated carbocycles. The van der Waals surface area contributed by atoms with Gasteiger partial charge in [0.1, 0.15) is 12.4 Å². The van der Waals surface area contributed by atoms with E-state index in [1.165, 1.54) is 22.3 Å². The molecule has 0 atom stereocenters. The van der Waals surface area contributed by atoms with Crippen LogP contribution in [-0.4, -0.2) is 9.97 Å². The molecule has 0 unspecified atom stereocenters. The number of fused-ring (bicyclic) bond motifs is 7. The van der Waals surface area contributed by atoms with Crippen molar-refractivity contribution in [3.05, 3.63) is 65.5 Å². The fraction of sp³-hybridized carbons (Fsp3) is 0.111. The Balaban J connectivity index is 1.83. The molecule has 5 rings (SSSR count). The SMILES string of the molecule is c1cnc2c(c1)Cc1cnc3c(c1-2)COc1ccccc1-3. The Bertz CT molecular complexity index is 886. The molecule has 1 aliphatic carbocycles. The minimum atomic E-state index is 0.568. The van der Waals surface area contributed by atoms with Gasteiger partial charge in [-0.3, -0.25) is 9.97 Å². The average Bonchev–Trinajstić information content (AvgIpc) is 2.93. The van der Waals surface area contributed by atoms with E-state index in [2.05, 4.69) is 17.1 Å².